The largest absolute Gasteiger partial charge is 0.447 e. The van der Waals surface area contributed by atoms with Gasteiger partial charge in [-0.25, -0.2) is 23.6 Å². The van der Waals surface area contributed by atoms with E-state index in [1.165, 1.54) is 48.3 Å². The van der Waals surface area contributed by atoms with Gasteiger partial charge in [-0.2, -0.15) is 18.3 Å². The minimum atomic E-state index is -4.87. The highest BCUT2D eigenvalue weighted by Crippen LogP contribution is 2.42. The number of imide groups is 1. The molecule has 380 valence electrons. The van der Waals surface area contributed by atoms with Crippen LogP contribution in [0.15, 0.2) is 36.4 Å². The Balaban J connectivity index is 0.958. The smallest absolute Gasteiger partial charge is 0.435 e. The molecule has 1 aliphatic heterocycles. The number of Topliss-reactive ketones (excluding diaryl/α,β-unsaturated/α-hetero) is 1. The van der Waals surface area contributed by atoms with Crippen molar-refractivity contribution in [1.29, 1.82) is 0 Å². The number of ether oxygens (including phenoxy) is 2. The van der Waals surface area contributed by atoms with Gasteiger partial charge in [-0.1, -0.05) is 27.7 Å². The van der Waals surface area contributed by atoms with E-state index in [1.54, 1.807) is 33.8 Å². The lowest BCUT2D eigenvalue weighted by Crippen LogP contribution is -2.44. The number of fused-ring (bicyclic) bond motifs is 2. The van der Waals surface area contributed by atoms with Crippen LogP contribution in [-0.4, -0.2) is 124 Å². The van der Waals surface area contributed by atoms with Crippen molar-refractivity contribution in [2.45, 2.75) is 98.4 Å². The lowest BCUT2D eigenvalue weighted by atomic mass is 9.75. The number of nitrogens with two attached hydrogens (primary N) is 1. The molecule has 21 heteroatoms. The van der Waals surface area contributed by atoms with Gasteiger partial charge in [0.05, 0.1) is 40.2 Å². The number of halogens is 4. The van der Waals surface area contributed by atoms with Crippen molar-refractivity contribution in [1.82, 2.24) is 29.5 Å². The Kier molecular flexibility index (Phi) is 15.1. The number of amides is 5. The summed E-state index contributed by atoms with van der Waals surface area (Å²) in [4.78, 5) is 87.0. The SMILES string of the molecule is CCN(CC)CCN(C(=O)OCCN(C)C(=O)OC1CCC(Nc2cc(-n3nc(C(F)(F)F)c4c3CC(C)(C)CC4=O)ccc2C(N)=O)CC1)C(=O)c1c(C)[nH]c(/C=C2\C(=O)Nc3ccc(F)cc32)c1C. The first kappa shape index (κ1) is 51.8. The zero-order valence-corrected chi connectivity index (χ0v) is 40.8. The van der Waals surface area contributed by atoms with Crippen molar-refractivity contribution < 1.29 is 55.8 Å². The number of aryl methyl sites for hydroxylation is 1. The number of likely N-dealkylation sites (N-methyl/N-ethyl adjacent to an activating group) is 2. The number of benzene rings is 2. The molecule has 0 bridgehead atoms. The van der Waals surface area contributed by atoms with Gasteiger partial charge >= 0.3 is 18.4 Å². The zero-order valence-electron chi connectivity index (χ0n) is 40.8. The number of aromatic nitrogens is 3. The fourth-order valence-corrected chi connectivity index (χ4v) is 9.45. The Bertz CT molecular complexity index is 2790. The molecule has 71 heavy (non-hydrogen) atoms. The van der Waals surface area contributed by atoms with Crippen molar-refractivity contribution in [2.75, 3.05) is 57.0 Å². The minimum Gasteiger partial charge on any atom is -0.447 e. The number of ketones is 1. The molecule has 0 radical (unpaired) electrons. The third-order valence-corrected chi connectivity index (χ3v) is 13.3. The van der Waals surface area contributed by atoms with E-state index in [2.05, 4.69) is 20.7 Å². The predicted octanol–water partition coefficient (Wildman–Crippen LogP) is 8.13. The fraction of sp³-hybridized carbons (Fsp3) is 0.460. The normalized spacial score (nSPS) is 17.9. The van der Waals surface area contributed by atoms with Crippen LogP contribution in [0.4, 0.5) is 38.5 Å². The monoisotopic (exact) mass is 989 g/mol. The Morgan fingerprint density at radius 2 is 1.68 bits per heavy atom. The second-order valence-corrected chi connectivity index (χ2v) is 19.0. The van der Waals surface area contributed by atoms with Gasteiger partial charge in [0.2, 0.25) is 0 Å². The van der Waals surface area contributed by atoms with E-state index in [0.29, 0.717) is 73.5 Å². The average molecular weight is 990 g/mol. The molecule has 2 aliphatic carbocycles. The summed E-state index contributed by atoms with van der Waals surface area (Å²) >= 11 is 0. The van der Waals surface area contributed by atoms with Crippen molar-refractivity contribution in [3.8, 4) is 5.69 Å². The lowest BCUT2D eigenvalue weighted by Gasteiger charge is -2.31. The quantitative estimate of drug-likeness (QED) is 0.0659. The number of primary amides is 1. The molecule has 0 unspecified atom stereocenters. The summed E-state index contributed by atoms with van der Waals surface area (Å²) in [6, 6.07) is 8.07. The van der Waals surface area contributed by atoms with Crippen LogP contribution in [0.2, 0.25) is 0 Å². The van der Waals surface area contributed by atoms with E-state index in [4.69, 9.17) is 15.2 Å². The van der Waals surface area contributed by atoms with Crippen molar-refractivity contribution in [2.24, 2.45) is 11.1 Å². The highest BCUT2D eigenvalue weighted by atomic mass is 19.4. The van der Waals surface area contributed by atoms with Gasteiger partial charge in [0.25, 0.3) is 17.7 Å². The number of nitrogens with zero attached hydrogens (tertiary/aromatic N) is 5. The molecule has 5 N–H and O–H groups in total. The summed E-state index contributed by atoms with van der Waals surface area (Å²) < 4.78 is 69.1. The number of carbonyl (C=O) groups excluding carboxylic acids is 6. The summed E-state index contributed by atoms with van der Waals surface area (Å²) in [7, 11) is 1.48. The fourth-order valence-electron chi connectivity index (χ4n) is 9.45. The Morgan fingerprint density at radius 3 is 2.34 bits per heavy atom. The molecule has 5 amide bonds. The van der Waals surface area contributed by atoms with E-state index < -0.39 is 70.5 Å². The van der Waals surface area contributed by atoms with Crippen LogP contribution in [-0.2, 0) is 26.9 Å². The highest BCUT2D eigenvalue weighted by Gasteiger charge is 2.45. The molecule has 2 aromatic carbocycles. The van der Waals surface area contributed by atoms with Crippen LogP contribution in [0.5, 0.6) is 0 Å². The lowest BCUT2D eigenvalue weighted by molar-refractivity contribution is -0.141. The molecule has 7 rings (SSSR count). The molecule has 17 nitrogen and oxygen atoms in total. The van der Waals surface area contributed by atoms with Crippen LogP contribution in [0.3, 0.4) is 0 Å². The summed E-state index contributed by atoms with van der Waals surface area (Å²) in [5.74, 6) is -2.98. The highest BCUT2D eigenvalue weighted by molar-refractivity contribution is 6.35. The molecule has 0 spiro atoms. The maximum Gasteiger partial charge on any atom is 0.435 e. The van der Waals surface area contributed by atoms with E-state index in [-0.39, 0.29) is 72.3 Å². The summed E-state index contributed by atoms with van der Waals surface area (Å²) in [5.41, 5.74) is 6.71. The third-order valence-electron chi connectivity index (χ3n) is 13.3. The second-order valence-electron chi connectivity index (χ2n) is 19.0. The number of hydrogen-bond acceptors (Lipinski definition) is 11. The van der Waals surface area contributed by atoms with Crippen molar-refractivity contribution >= 4 is 58.7 Å². The summed E-state index contributed by atoms with van der Waals surface area (Å²) in [6.45, 7) is 12.2. The van der Waals surface area contributed by atoms with Crippen LogP contribution in [0.25, 0.3) is 17.3 Å². The van der Waals surface area contributed by atoms with Gasteiger partial charge in [0, 0.05) is 60.9 Å². The number of carbonyl (C=O) groups is 6. The predicted molar refractivity (Wildman–Crippen MR) is 256 cm³/mol. The molecule has 0 atom stereocenters. The van der Waals surface area contributed by atoms with Crippen LogP contribution in [0.1, 0.15) is 125 Å². The Hall–Kier alpha value is -7.03. The van der Waals surface area contributed by atoms with E-state index in [9.17, 15) is 46.3 Å². The number of rotatable bonds is 15. The number of H-pyrrole nitrogens is 1. The third kappa shape index (κ3) is 11.3. The average Bonchev–Trinajstić information content (AvgIpc) is 3.94. The number of alkyl halides is 3. The van der Waals surface area contributed by atoms with Gasteiger partial charge in [0.1, 0.15) is 18.5 Å². The Morgan fingerprint density at radius 1 is 0.972 bits per heavy atom. The first-order chi connectivity index (χ1) is 33.5. The van der Waals surface area contributed by atoms with E-state index >= 15 is 0 Å². The molecule has 3 heterocycles. The minimum absolute atomic E-state index is 0.00482. The topological polar surface area (TPSA) is 214 Å². The van der Waals surface area contributed by atoms with E-state index in [0.717, 1.165) is 9.58 Å². The molecular formula is C50H59F4N9O8. The van der Waals surface area contributed by atoms with Gasteiger partial charge in [-0.05, 0) is 112 Å². The number of nitrogens with one attached hydrogen (secondary N) is 3. The maximum absolute atomic E-state index is 14.2. The molecule has 1 saturated carbocycles. The van der Waals surface area contributed by atoms with Gasteiger partial charge in [-0.3, -0.25) is 19.2 Å². The molecule has 1 fully saturated rings. The first-order valence-electron chi connectivity index (χ1n) is 23.6. The zero-order chi connectivity index (χ0) is 51.7. The van der Waals surface area contributed by atoms with Crippen LogP contribution < -0.4 is 16.4 Å². The number of anilines is 2. The van der Waals surface area contributed by atoms with Gasteiger partial charge < -0.3 is 40.6 Å². The van der Waals surface area contributed by atoms with Crippen molar-refractivity contribution in [3.63, 3.8) is 0 Å². The summed E-state index contributed by atoms with van der Waals surface area (Å²) in [5, 5.41) is 9.89. The standard InChI is InChI=1S/C50H59F4N9O8/c1-8-61(9-2)18-19-62(46(67)41-27(3)37(56-28(41)4)24-35-34-22-29(51)10-17-36(34)58-45(35)66)48(69)70-21-20-60(7)47(68)71-32-14-11-30(12-15-32)57-38-23-31(13-16-33(38)44(55)65)63-39-25-49(5,6)26-40(64)42(39)43(59-63)50(52,53)54/h10,13,16-17,22-24,30,32,56-57H,8-9,11-12,14-15,18-21,25-26H2,1-7H3,(H2,55,65)(H,58,66)/b35-24-. The van der Waals surface area contributed by atoms with Crippen molar-refractivity contribution in [3.05, 3.63) is 92.8 Å². The first-order valence-corrected chi connectivity index (χ1v) is 23.6. The molecular weight excluding hydrogens is 931 g/mol. The second kappa shape index (κ2) is 20.7. The van der Waals surface area contributed by atoms with Crippen LogP contribution in [0, 0.1) is 25.1 Å². The summed E-state index contributed by atoms with van der Waals surface area (Å²) in [6.07, 6.45) is -3.47. The molecule has 2 aromatic heterocycles. The molecule has 4 aromatic rings. The number of hydrogen-bond donors (Lipinski definition) is 4. The Labute approximate surface area is 408 Å². The van der Waals surface area contributed by atoms with E-state index in [1.807, 2.05) is 18.7 Å². The maximum atomic E-state index is 14.2. The van der Waals surface area contributed by atoms with Gasteiger partial charge in [0.15, 0.2) is 11.5 Å². The number of aromatic amines is 1. The van der Waals surface area contributed by atoms with Gasteiger partial charge in [-0.15, -0.1) is 0 Å². The molecule has 3 aliphatic rings. The van der Waals surface area contributed by atoms with Crippen LogP contribution >= 0.6 is 0 Å². The molecule has 0 saturated heterocycles.